The van der Waals surface area contributed by atoms with Crippen molar-refractivity contribution in [2.75, 3.05) is 31.1 Å². The van der Waals surface area contributed by atoms with Gasteiger partial charge in [-0.05, 0) is 49.4 Å². The lowest BCUT2D eigenvalue weighted by molar-refractivity contribution is 0.0746. The normalized spacial score (nSPS) is 14.0. The molecule has 0 spiro atoms. The fourth-order valence-electron chi connectivity index (χ4n) is 3.09. The summed E-state index contributed by atoms with van der Waals surface area (Å²) in [4.78, 5) is 28.4. The van der Waals surface area contributed by atoms with Crippen LogP contribution in [0.3, 0.4) is 0 Å². The van der Waals surface area contributed by atoms with Crippen LogP contribution in [-0.4, -0.2) is 42.8 Å². The van der Waals surface area contributed by atoms with E-state index in [1.165, 1.54) is 6.92 Å². The lowest BCUT2D eigenvalue weighted by Crippen LogP contribution is -2.49. The van der Waals surface area contributed by atoms with Gasteiger partial charge in [-0.25, -0.2) is 0 Å². The topological polar surface area (TPSA) is 64.4 Å². The first-order valence-electron chi connectivity index (χ1n) is 8.34. The Morgan fingerprint density at radius 2 is 1.69 bits per heavy atom. The van der Waals surface area contributed by atoms with Crippen LogP contribution in [0.2, 0.25) is 0 Å². The fraction of sp³-hybridized carbons (Fsp3) is 0.250. The summed E-state index contributed by atoms with van der Waals surface area (Å²) in [7, 11) is 0. The van der Waals surface area contributed by atoms with E-state index in [4.69, 9.17) is 5.26 Å². The number of carbonyl (C=O) groups is 2. The van der Waals surface area contributed by atoms with E-state index >= 15 is 0 Å². The molecule has 1 fully saturated rings. The highest BCUT2D eigenvalue weighted by molar-refractivity contribution is 9.10. The second kappa shape index (κ2) is 7.71. The Labute approximate surface area is 161 Å². The highest BCUT2D eigenvalue weighted by Crippen LogP contribution is 2.25. The van der Waals surface area contributed by atoms with Gasteiger partial charge in [-0.2, -0.15) is 5.26 Å². The zero-order chi connectivity index (χ0) is 18.7. The summed E-state index contributed by atoms with van der Waals surface area (Å²) in [6.07, 6.45) is 0. The molecule has 2 aromatic rings. The van der Waals surface area contributed by atoms with Crippen LogP contribution >= 0.6 is 15.9 Å². The fourth-order valence-corrected chi connectivity index (χ4v) is 3.35. The minimum absolute atomic E-state index is 0.00900. The van der Waals surface area contributed by atoms with Crippen LogP contribution in [0, 0.1) is 11.3 Å². The first kappa shape index (κ1) is 18.2. The predicted octanol–water partition coefficient (Wildman–Crippen LogP) is 3.49. The molecule has 0 bridgehead atoms. The molecular weight excluding hydrogens is 394 g/mol. The van der Waals surface area contributed by atoms with Gasteiger partial charge >= 0.3 is 0 Å². The SMILES string of the molecule is CC(=O)c1ccc(C#N)cc1N1CCN(C(=O)c2ccc(Br)cc2)CC1. The van der Waals surface area contributed by atoms with Crippen LogP contribution in [0.25, 0.3) is 0 Å². The van der Waals surface area contributed by atoms with E-state index < -0.39 is 0 Å². The summed E-state index contributed by atoms with van der Waals surface area (Å²) < 4.78 is 0.938. The quantitative estimate of drug-likeness (QED) is 0.725. The second-order valence-corrected chi connectivity index (χ2v) is 7.10. The van der Waals surface area contributed by atoms with Gasteiger partial charge in [0, 0.05) is 47.5 Å². The van der Waals surface area contributed by atoms with Gasteiger partial charge in [0.15, 0.2) is 5.78 Å². The van der Waals surface area contributed by atoms with Gasteiger partial charge in [0.05, 0.1) is 11.6 Å². The number of carbonyl (C=O) groups excluding carboxylic acids is 2. The average molecular weight is 412 g/mol. The number of piperazine rings is 1. The minimum Gasteiger partial charge on any atom is -0.367 e. The van der Waals surface area contributed by atoms with Crippen molar-refractivity contribution >= 4 is 33.3 Å². The van der Waals surface area contributed by atoms with E-state index in [1.807, 2.05) is 29.2 Å². The molecule has 0 saturated carbocycles. The average Bonchev–Trinajstić information content (AvgIpc) is 2.67. The van der Waals surface area contributed by atoms with Gasteiger partial charge in [0.1, 0.15) is 0 Å². The predicted molar refractivity (Wildman–Crippen MR) is 103 cm³/mol. The maximum Gasteiger partial charge on any atom is 0.253 e. The molecule has 1 amide bonds. The molecule has 1 heterocycles. The highest BCUT2D eigenvalue weighted by Gasteiger charge is 2.24. The molecule has 3 rings (SSSR count). The van der Waals surface area contributed by atoms with Gasteiger partial charge in [0.25, 0.3) is 5.91 Å². The summed E-state index contributed by atoms with van der Waals surface area (Å²) in [6.45, 7) is 3.92. The van der Waals surface area contributed by atoms with Crippen molar-refractivity contribution in [3.05, 3.63) is 63.6 Å². The molecule has 0 N–H and O–H groups in total. The first-order valence-corrected chi connectivity index (χ1v) is 9.14. The number of amides is 1. The molecule has 1 aliphatic rings. The van der Waals surface area contributed by atoms with E-state index in [1.54, 1.807) is 18.2 Å². The third-order valence-electron chi connectivity index (χ3n) is 4.50. The lowest BCUT2D eigenvalue weighted by atomic mass is 10.0. The third-order valence-corrected chi connectivity index (χ3v) is 5.03. The minimum atomic E-state index is -0.0298. The lowest BCUT2D eigenvalue weighted by Gasteiger charge is -2.37. The molecule has 0 aromatic heterocycles. The third kappa shape index (κ3) is 3.78. The zero-order valence-corrected chi connectivity index (χ0v) is 16.0. The molecule has 2 aromatic carbocycles. The number of nitriles is 1. The van der Waals surface area contributed by atoms with Crippen LogP contribution in [0.4, 0.5) is 5.69 Å². The first-order chi connectivity index (χ1) is 12.5. The number of hydrogen-bond donors (Lipinski definition) is 0. The van der Waals surface area contributed by atoms with Crippen LogP contribution in [0.1, 0.15) is 33.2 Å². The summed E-state index contributed by atoms with van der Waals surface area (Å²) >= 11 is 3.37. The van der Waals surface area contributed by atoms with Crippen molar-refractivity contribution < 1.29 is 9.59 Å². The Morgan fingerprint density at radius 1 is 1.04 bits per heavy atom. The Kier molecular flexibility index (Phi) is 5.38. The van der Waals surface area contributed by atoms with Gasteiger partial charge in [-0.1, -0.05) is 15.9 Å². The summed E-state index contributed by atoms with van der Waals surface area (Å²) in [5.41, 5.74) is 2.57. The Hall–Kier alpha value is -2.65. The molecule has 132 valence electrons. The molecule has 0 unspecified atom stereocenters. The number of benzene rings is 2. The second-order valence-electron chi connectivity index (χ2n) is 6.19. The number of halogens is 1. The molecule has 26 heavy (non-hydrogen) atoms. The maximum atomic E-state index is 12.6. The smallest absolute Gasteiger partial charge is 0.253 e. The number of rotatable bonds is 3. The number of Topliss-reactive ketones (excluding diaryl/α,β-unsaturated/α-hetero) is 1. The number of ketones is 1. The zero-order valence-electron chi connectivity index (χ0n) is 14.4. The van der Waals surface area contributed by atoms with Crippen LogP contribution < -0.4 is 4.90 Å². The Bertz CT molecular complexity index is 879. The van der Waals surface area contributed by atoms with E-state index in [0.29, 0.717) is 42.9 Å². The Morgan fingerprint density at radius 3 is 2.27 bits per heavy atom. The Balaban J connectivity index is 1.74. The van der Waals surface area contributed by atoms with E-state index in [0.717, 1.165) is 10.2 Å². The monoisotopic (exact) mass is 411 g/mol. The number of hydrogen-bond acceptors (Lipinski definition) is 4. The van der Waals surface area contributed by atoms with Gasteiger partial charge in [-0.15, -0.1) is 0 Å². The number of anilines is 1. The largest absolute Gasteiger partial charge is 0.367 e. The van der Waals surface area contributed by atoms with E-state index in [2.05, 4.69) is 26.9 Å². The maximum absolute atomic E-state index is 12.6. The van der Waals surface area contributed by atoms with Crippen LogP contribution in [0.15, 0.2) is 46.9 Å². The van der Waals surface area contributed by atoms with Gasteiger partial charge < -0.3 is 9.80 Å². The van der Waals surface area contributed by atoms with Crippen LogP contribution in [0.5, 0.6) is 0 Å². The number of nitrogens with zero attached hydrogens (tertiary/aromatic N) is 3. The van der Waals surface area contributed by atoms with Crippen LogP contribution in [-0.2, 0) is 0 Å². The summed E-state index contributed by atoms with van der Waals surface area (Å²) in [5.74, 6) is -0.0208. The van der Waals surface area contributed by atoms with E-state index in [9.17, 15) is 9.59 Å². The standard InChI is InChI=1S/C20H18BrN3O2/c1-14(25)18-7-2-15(13-22)12-19(18)23-8-10-24(11-9-23)20(26)16-3-5-17(21)6-4-16/h2-7,12H,8-11H2,1H3. The summed E-state index contributed by atoms with van der Waals surface area (Å²) in [6, 6.07) is 14.6. The molecule has 6 heteroatoms. The van der Waals surface area contributed by atoms with Crippen molar-refractivity contribution in [3.63, 3.8) is 0 Å². The summed E-state index contributed by atoms with van der Waals surface area (Å²) in [5, 5.41) is 9.14. The molecule has 0 radical (unpaired) electrons. The molecular formula is C20H18BrN3O2. The molecule has 5 nitrogen and oxygen atoms in total. The molecule has 1 aliphatic heterocycles. The van der Waals surface area contributed by atoms with E-state index in [-0.39, 0.29) is 11.7 Å². The molecule has 0 atom stereocenters. The van der Waals surface area contributed by atoms with Crippen molar-refractivity contribution in [2.24, 2.45) is 0 Å². The van der Waals surface area contributed by atoms with Crippen molar-refractivity contribution in [1.29, 1.82) is 5.26 Å². The van der Waals surface area contributed by atoms with Gasteiger partial charge in [0.2, 0.25) is 0 Å². The van der Waals surface area contributed by atoms with Crippen molar-refractivity contribution in [2.45, 2.75) is 6.92 Å². The van der Waals surface area contributed by atoms with Crippen molar-refractivity contribution in [3.8, 4) is 6.07 Å². The molecule has 0 aliphatic carbocycles. The molecule has 1 saturated heterocycles. The van der Waals surface area contributed by atoms with Gasteiger partial charge in [-0.3, -0.25) is 9.59 Å². The van der Waals surface area contributed by atoms with Crippen molar-refractivity contribution in [1.82, 2.24) is 4.90 Å². The highest BCUT2D eigenvalue weighted by atomic mass is 79.9.